The first-order valence-corrected chi connectivity index (χ1v) is 6.69. The molecule has 1 aromatic heterocycles. The predicted octanol–water partition coefficient (Wildman–Crippen LogP) is 1.90. The van der Waals surface area contributed by atoms with Crippen molar-refractivity contribution in [1.82, 2.24) is 10.2 Å². The average molecular weight is 297 g/mol. The molecule has 21 heavy (non-hydrogen) atoms. The fraction of sp³-hybridized carbons (Fsp3) is 0.615. The molecule has 116 valence electrons. The number of rotatable bonds is 4. The number of carbonyl (C=O) groups excluding carboxylic acids is 1. The van der Waals surface area contributed by atoms with Gasteiger partial charge in [0.25, 0.3) is 0 Å². The standard InChI is InChI=1S/C13H19N3O5/c1-13(2,3)21-12(17)15-7-9(8-15)14-6-10-4-5-11(20-10)16(18)19/h4-5,9,14H,6-8H2,1-3H3. The van der Waals surface area contributed by atoms with Crippen LogP contribution in [0.3, 0.4) is 0 Å². The molecule has 2 rings (SSSR count). The molecule has 1 N–H and O–H groups in total. The molecule has 0 radical (unpaired) electrons. The van der Waals surface area contributed by atoms with Crippen molar-refractivity contribution in [2.45, 2.75) is 39.0 Å². The predicted molar refractivity (Wildman–Crippen MR) is 73.8 cm³/mol. The van der Waals surface area contributed by atoms with Crippen LogP contribution >= 0.6 is 0 Å². The summed E-state index contributed by atoms with van der Waals surface area (Å²) in [5.41, 5.74) is -0.497. The highest BCUT2D eigenvalue weighted by Gasteiger charge is 2.33. The summed E-state index contributed by atoms with van der Waals surface area (Å²) in [4.78, 5) is 23.2. The minimum atomic E-state index is -0.572. The molecule has 8 heteroatoms. The summed E-state index contributed by atoms with van der Waals surface area (Å²) in [6.45, 7) is 6.97. The minimum Gasteiger partial charge on any atom is -0.444 e. The molecule has 1 aliphatic heterocycles. The van der Waals surface area contributed by atoms with Crippen molar-refractivity contribution in [2.24, 2.45) is 0 Å². The lowest BCUT2D eigenvalue weighted by molar-refractivity contribution is -0.402. The highest BCUT2D eigenvalue weighted by atomic mass is 16.6. The van der Waals surface area contributed by atoms with Gasteiger partial charge in [0.05, 0.1) is 12.6 Å². The van der Waals surface area contributed by atoms with Crippen LogP contribution in [0.1, 0.15) is 26.5 Å². The zero-order valence-corrected chi connectivity index (χ0v) is 12.3. The molecular weight excluding hydrogens is 278 g/mol. The van der Waals surface area contributed by atoms with Crippen molar-refractivity contribution >= 4 is 12.0 Å². The summed E-state index contributed by atoms with van der Waals surface area (Å²) in [6.07, 6.45) is -0.325. The third kappa shape index (κ3) is 4.19. The first-order valence-electron chi connectivity index (χ1n) is 6.69. The molecule has 1 amide bonds. The number of carbonyl (C=O) groups is 1. The van der Waals surface area contributed by atoms with Crippen LogP contribution in [0.5, 0.6) is 0 Å². The van der Waals surface area contributed by atoms with Gasteiger partial charge < -0.3 is 19.4 Å². The third-order valence-electron chi connectivity index (χ3n) is 2.93. The third-order valence-corrected chi connectivity index (χ3v) is 2.93. The second-order valence-electron chi connectivity index (χ2n) is 5.96. The van der Waals surface area contributed by atoms with Crippen molar-refractivity contribution in [3.63, 3.8) is 0 Å². The van der Waals surface area contributed by atoms with Crippen LogP contribution in [0.2, 0.25) is 0 Å². The number of furan rings is 1. The van der Waals surface area contributed by atoms with Crippen molar-refractivity contribution in [3.05, 3.63) is 28.0 Å². The Hall–Kier alpha value is -2.09. The maximum absolute atomic E-state index is 11.7. The number of nitrogens with one attached hydrogen (secondary N) is 1. The number of nitro groups is 1. The summed E-state index contributed by atoms with van der Waals surface area (Å²) in [7, 11) is 0. The monoisotopic (exact) mass is 297 g/mol. The van der Waals surface area contributed by atoms with Gasteiger partial charge >= 0.3 is 12.0 Å². The summed E-state index contributed by atoms with van der Waals surface area (Å²) in [5.74, 6) is 0.230. The molecule has 0 atom stereocenters. The normalized spacial score (nSPS) is 15.7. The van der Waals surface area contributed by atoms with Crippen LogP contribution in [0, 0.1) is 10.1 Å². The molecule has 0 aromatic carbocycles. The first kappa shape index (κ1) is 15.3. The van der Waals surface area contributed by atoms with Crippen LogP contribution in [0.25, 0.3) is 0 Å². The van der Waals surface area contributed by atoms with E-state index in [2.05, 4.69) is 5.32 Å². The maximum atomic E-state index is 11.7. The Morgan fingerprint density at radius 3 is 2.71 bits per heavy atom. The number of hydrogen-bond donors (Lipinski definition) is 1. The van der Waals surface area contributed by atoms with Crippen LogP contribution in [0.15, 0.2) is 16.5 Å². The lowest BCUT2D eigenvalue weighted by Gasteiger charge is -2.40. The largest absolute Gasteiger partial charge is 0.444 e. The number of ether oxygens (including phenoxy) is 1. The van der Waals surface area contributed by atoms with Crippen molar-refractivity contribution in [3.8, 4) is 0 Å². The van der Waals surface area contributed by atoms with Crippen LogP contribution < -0.4 is 5.32 Å². The summed E-state index contributed by atoms with van der Waals surface area (Å²) in [6, 6.07) is 3.03. The molecule has 1 fully saturated rings. The van der Waals surface area contributed by atoms with Gasteiger partial charge in [0, 0.05) is 19.1 Å². The molecule has 0 unspecified atom stereocenters. The molecule has 1 aliphatic rings. The Labute approximate surface area is 122 Å². The van der Waals surface area contributed by atoms with Gasteiger partial charge in [-0.2, -0.15) is 0 Å². The zero-order valence-electron chi connectivity index (χ0n) is 12.3. The molecule has 8 nitrogen and oxygen atoms in total. The summed E-state index contributed by atoms with van der Waals surface area (Å²) in [5, 5.41) is 13.7. The number of nitrogens with zero attached hydrogens (tertiary/aromatic N) is 2. The van der Waals surface area contributed by atoms with Gasteiger partial charge in [0.2, 0.25) is 0 Å². The Morgan fingerprint density at radius 2 is 2.19 bits per heavy atom. The molecule has 0 spiro atoms. The van der Waals surface area contributed by atoms with E-state index in [1.165, 1.54) is 6.07 Å². The highest BCUT2D eigenvalue weighted by Crippen LogP contribution is 2.18. The molecule has 1 saturated heterocycles. The van der Waals surface area contributed by atoms with E-state index >= 15 is 0 Å². The van der Waals surface area contributed by atoms with Gasteiger partial charge in [-0.15, -0.1) is 0 Å². The van der Waals surface area contributed by atoms with Crippen molar-refractivity contribution in [2.75, 3.05) is 13.1 Å². The quantitative estimate of drug-likeness (QED) is 0.673. The van der Waals surface area contributed by atoms with Gasteiger partial charge in [0.15, 0.2) is 0 Å². The number of hydrogen-bond acceptors (Lipinski definition) is 6. The zero-order chi connectivity index (χ0) is 15.6. The fourth-order valence-corrected chi connectivity index (χ4v) is 1.89. The molecule has 0 saturated carbocycles. The Morgan fingerprint density at radius 1 is 1.52 bits per heavy atom. The van der Waals surface area contributed by atoms with E-state index in [0.717, 1.165) is 0 Å². The van der Waals surface area contributed by atoms with E-state index in [-0.39, 0.29) is 18.0 Å². The van der Waals surface area contributed by atoms with E-state index in [0.29, 0.717) is 25.4 Å². The van der Waals surface area contributed by atoms with Gasteiger partial charge in [-0.1, -0.05) is 0 Å². The molecule has 0 bridgehead atoms. The van der Waals surface area contributed by atoms with E-state index in [1.807, 2.05) is 20.8 Å². The second kappa shape index (κ2) is 5.72. The van der Waals surface area contributed by atoms with E-state index in [1.54, 1.807) is 11.0 Å². The molecule has 0 aliphatic carbocycles. The first-order chi connectivity index (χ1) is 9.74. The fourth-order valence-electron chi connectivity index (χ4n) is 1.89. The lowest BCUT2D eigenvalue weighted by Crippen LogP contribution is -2.60. The van der Waals surface area contributed by atoms with Crippen molar-refractivity contribution in [1.29, 1.82) is 0 Å². The number of amides is 1. The Balaban J connectivity index is 1.71. The van der Waals surface area contributed by atoms with E-state index in [4.69, 9.17) is 9.15 Å². The Bertz CT molecular complexity index is 528. The molecule has 2 heterocycles. The van der Waals surface area contributed by atoms with E-state index < -0.39 is 10.5 Å². The van der Waals surface area contributed by atoms with Gasteiger partial charge in [-0.3, -0.25) is 10.1 Å². The summed E-state index contributed by atoms with van der Waals surface area (Å²) >= 11 is 0. The smallest absolute Gasteiger partial charge is 0.433 e. The molecular formula is C13H19N3O5. The second-order valence-corrected chi connectivity index (χ2v) is 5.96. The van der Waals surface area contributed by atoms with Crippen molar-refractivity contribution < 1.29 is 18.9 Å². The van der Waals surface area contributed by atoms with Crippen LogP contribution in [0.4, 0.5) is 10.7 Å². The lowest BCUT2D eigenvalue weighted by atomic mass is 10.1. The highest BCUT2D eigenvalue weighted by molar-refractivity contribution is 5.69. The molecule has 1 aromatic rings. The number of likely N-dealkylation sites (tertiary alicyclic amines) is 1. The maximum Gasteiger partial charge on any atom is 0.433 e. The van der Waals surface area contributed by atoms with Crippen LogP contribution in [-0.2, 0) is 11.3 Å². The Kier molecular flexibility index (Phi) is 4.17. The van der Waals surface area contributed by atoms with E-state index in [9.17, 15) is 14.9 Å². The van der Waals surface area contributed by atoms with Gasteiger partial charge in [0.1, 0.15) is 16.3 Å². The van der Waals surface area contributed by atoms with Gasteiger partial charge in [-0.25, -0.2) is 4.79 Å². The van der Waals surface area contributed by atoms with Gasteiger partial charge in [-0.05, 0) is 26.8 Å². The summed E-state index contributed by atoms with van der Waals surface area (Å²) < 4.78 is 10.3. The minimum absolute atomic E-state index is 0.140. The topological polar surface area (TPSA) is 97.8 Å². The SMILES string of the molecule is CC(C)(C)OC(=O)N1CC(NCc2ccc([N+](=O)[O-])o2)C1. The average Bonchev–Trinajstić information content (AvgIpc) is 2.73. The van der Waals surface area contributed by atoms with Crippen LogP contribution in [-0.4, -0.2) is 40.6 Å².